The molecule has 0 bridgehead atoms. The van der Waals surface area contributed by atoms with Crippen LogP contribution in [-0.2, 0) is 6.61 Å². The average molecular weight is 174 g/mol. The molecule has 3 nitrogen and oxygen atoms in total. The monoisotopic (exact) mass is 174 g/mol. The maximum atomic E-state index is 9.08. The van der Waals surface area contributed by atoms with Crippen molar-refractivity contribution in [1.29, 1.82) is 0 Å². The number of aliphatic hydroxyl groups is 1. The van der Waals surface area contributed by atoms with Crippen molar-refractivity contribution in [2.24, 2.45) is 0 Å². The number of aromatic amines is 1. The summed E-state index contributed by atoms with van der Waals surface area (Å²) in [4.78, 5) is 7.13. The quantitative estimate of drug-likeness (QED) is 0.726. The van der Waals surface area contributed by atoms with Gasteiger partial charge in [0.05, 0.1) is 6.61 Å². The molecule has 0 aliphatic heterocycles. The van der Waals surface area contributed by atoms with Gasteiger partial charge in [-0.1, -0.05) is 24.3 Å². The topological polar surface area (TPSA) is 48.9 Å². The molecule has 0 unspecified atom stereocenters. The van der Waals surface area contributed by atoms with Gasteiger partial charge in [-0.15, -0.1) is 0 Å². The van der Waals surface area contributed by atoms with Crippen molar-refractivity contribution in [1.82, 2.24) is 9.97 Å². The fraction of sp³-hybridized carbons (Fsp3) is 0.100. The van der Waals surface area contributed by atoms with Crippen molar-refractivity contribution in [3.8, 4) is 11.4 Å². The highest BCUT2D eigenvalue weighted by Crippen LogP contribution is 2.19. The maximum Gasteiger partial charge on any atom is 0.137 e. The molecule has 3 heteroatoms. The van der Waals surface area contributed by atoms with Crippen molar-refractivity contribution in [2.75, 3.05) is 0 Å². The van der Waals surface area contributed by atoms with E-state index in [1.54, 1.807) is 12.4 Å². The van der Waals surface area contributed by atoms with Crippen molar-refractivity contribution < 1.29 is 5.11 Å². The minimum absolute atomic E-state index is 0.0386. The summed E-state index contributed by atoms with van der Waals surface area (Å²) in [6.45, 7) is 0.0386. The zero-order chi connectivity index (χ0) is 9.10. The van der Waals surface area contributed by atoms with E-state index in [9.17, 15) is 0 Å². The number of rotatable bonds is 2. The zero-order valence-electron chi connectivity index (χ0n) is 7.07. The molecule has 0 aliphatic rings. The molecule has 0 saturated heterocycles. The van der Waals surface area contributed by atoms with E-state index in [0.29, 0.717) is 0 Å². The maximum absolute atomic E-state index is 9.08. The van der Waals surface area contributed by atoms with Gasteiger partial charge in [0.2, 0.25) is 0 Å². The summed E-state index contributed by atoms with van der Waals surface area (Å²) in [6.07, 6.45) is 3.47. The molecule has 1 heterocycles. The van der Waals surface area contributed by atoms with Crippen LogP contribution >= 0.6 is 0 Å². The third-order valence-corrected chi connectivity index (χ3v) is 1.94. The van der Waals surface area contributed by atoms with Gasteiger partial charge in [-0.3, -0.25) is 0 Å². The molecule has 2 N–H and O–H groups in total. The Balaban J connectivity index is 2.51. The second-order valence-corrected chi connectivity index (χ2v) is 2.75. The summed E-state index contributed by atoms with van der Waals surface area (Å²) in [5.74, 6) is 0.796. The minimum Gasteiger partial charge on any atom is -0.392 e. The summed E-state index contributed by atoms with van der Waals surface area (Å²) in [5.41, 5.74) is 1.84. The van der Waals surface area contributed by atoms with Crippen molar-refractivity contribution in [3.05, 3.63) is 42.2 Å². The lowest BCUT2D eigenvalue weighted by Crippen LogP contribution is -1.89. The molecular formula is C10H10N2O. The Morgan fingerprint density at radius 3 is 2.85 bits per heavy atom. The second-order valence-electron chi connectivity index (χ2n) is 2.75. The van der Waals surface area contributed by atoms with Crippen LogP contribution in [0, 0.1) is 0 Å². The molecule has 13 heavy (non-hydrogen) atoms. The van der Waals surface area contributed by atoms with Gasteiger partial charge in [0.1, 0.15) is 5.82 Å². The van der Waals surface area contributed by atoms with Crippen LogP contribution in [0.25, 0.3) is 11.4 Å². The van der Waals surface area contributed by atoms with E-state index in [2.05, 4.69) is 9.97 Å². The zero-order valence-corrected chi connectivity index (χ0v) is 7.07. The molecule has 1 aromatic carbocycles. The first-order chi connectivity index (χ1) is 6.42. The van der Waals surface area contributed by atoms with Gasteiger partial charge in [0, 0.05) is 18.0 Å². The Kier molecular flexibility index (Phi) is 2.10. The highest BCUT2D eigenvalue weighted by Gasteiger charge is 2.03. The number of imidazole rings is 1. The second kappa shape index (κ2) is 3.41. The first-order valence-electron chi connectivity index (χ1n) is 4.10. The van der Waals surface area contributed by atoms with Gasteiger partial charge in [0.15, 0.2) is 0 Å². The van der Waals surface area contributed by atoms with Crippen LogP contribution in [0.15, 0.2) is 36.7 Å². The SMILES string of the molecule is OCc1ccccc1-c1ncc[nH]1. The largest absolute Gasteiger partial charge is 0.392 e. The van der Waals surface area contributed by atoms with Gasteiger partial charge in [-0.25, -0.2) is 4.98 Å². The molecule has 0 amide bonds. The molecule has 66 valence electrons. The van der Waals surface area contributed by atoms with Gasteiger partial charge < -0.3 is 10.1 Å². The molecule has 2 aromatic rings. The van der Waals surface area contributed by atoms with E-state index < -0.39 is 0 Å². The predicted octanol–water partition coefficient (Wildman–Crippen LogP) is 1.57. The van der Waals surface area contributed by atoms with Gasteiger partial charge in [-0.05, 0) is 5.56 Å². The number of H-pyrrole nitrogens is 1. The lowest BCUT2D eigenvalue weighted by atomic mass is 10.1. The van der Waals surface area contributed by atoms with Crippen LogP contribution in [0.1, 0.15) is 5.56 Å². The normalized spacial score (nSPS) is 10.2. The summed E-state index contributed by atoms with van der Waals surface area (Å²) < 4.78 is 0. The molecule has 0 aliphatic carbocycles. The summed E-state index contributed by atoms with van der Waals surface area (Å²) in [7, 11) is 0. The highest BCUT2D eigenvalue weighted by atomic mass is 16.3. The summed E-state index contributed by atoms with van der Waals surface area (Å²) in [6, 6.07) is 7.65. The van der Waals surface area contributed by atoms with Crippen LogP contribution in [0.2, 0.25) is 0 Å². The summed E-state index contributed by atoms with van der Waals surface area (Å²) >= 11 is 0. The van der Waals surface area contributed by atoms with E-state index >= 15 is 0 Å². The van der Waals surface area contributed by atoms with Crippen molar-refractivity contribution >= 4 is 0 Å². The fourth-order valence-electron chi connectivity index (χ4n) is 1.30. The Morgan fingerprint density at radius 2 is 2.15 bits per heavy atom. The molecule has 0 fully saturated rings. The van der Waals surface area contributed by atoms with Crippen molar-refractivity contribution in [3.63, 3.8) is 0 Å². The van der Waals surface area contributed by atoms with E-state index in [4.69, 9.17) is 5.11 Å². The van der Waals surface area contributed by atoms with E-state index in [1.807, 2.05) is 24.3 Å². The number of nitrogens with zero attached hydrogens (tertiary/aromatic N) is 1. The van der Waals surface area contributed by atoms with E-state index in [-0.39, 0.29) is 6.61 Å². The Morgan fingerprint density at radius 1 is 1.31 bits per heavy atom. The lowest BCUT2D eigenvalue weighted by Gasteiger charge is -2.02. The Hall–Kier alpha value is -1.61. The van der Waals surface area contributed by atoms with E-state index in [1.165, 1.54) is 0 Å². The highest BCUT2D eigenvalue weighted by molar-refractivity contribution is 5.59. The van der Waals surface area contributed by atoms with Crippen LogP contribution < -0.4 is 0 Å². The number of aliphatic hydroxyl groups excluding tert-OH is 1. The fourth-order valence-corrected chi connectivity index (χ4v) is 1.30. The van der Waals surface area contributed by atoms with Crippen LogP contribution in [0.4, 0.5) is 0 Å². The molecule has 0 saturated carbocycles. The van der Waals surface area contributed by atoms with Crippen LogP contribution in [-0.4, -0.2) is 15.1 Å². The summed E-state index contributed by atoms with van der Waals surface area (Å²) in [5, 5.41) is 9.08. The Bertz CT molecular complexity index is 382. The third-order valence-electron chi connectivity index (χ3n) is 1.94. The molecular weight excluding hydrogens is 164 g/mol. The lowest BCUT2D eigenvalue weighted by molar-refractivity contribution is 0.282. The van der Waals surface area contributed by atoms with Crippen molar-refractivity contribution in [2.45, 2.75) is 6.61 Å². The third kappa shape index (κ3) is 1.46. The first-order valence-corrected chi connectivity index (χ1v) is 4.10. The predicted molar refractivity (Wildman–Crippen MR) is 49.9 cm³/mol. The molecule has 2 rings (SSSR count). The molecule has 0 atom stereocenters. The van der Waals surface area contributed by atoms with Gasteiger partial charge in [0.25, 0.3) is 0 Å². The number of benzene rings is 1. The number of hydrogen-bond donors (Lipinski definition) is 2. The average Bonchev–Trinajstić information content (AvgIpc) is 2.70. The van der Waals surface area contributed by atoms with Crippen LogP contribution in [0.3, 0.4) is 0 Å². The first kappa shape index (κ1) is 8.01. The van der Waals surface area contributed by atoms with E-state index in [0.717, 1.165) is 17.0 Å². The molecule has 1 aromatic heterocycles. The number of aromatic nitrogens is 2. The number of hydrogen-bond acceptors (Lipinski definition) is 2. The number of nitrogens with one attached hydrogen (secondary N) is 1. The van der Waals surface area contributed by atoms with Gasteiger partial charge in [-0.2, -0.15) is 0 Å². The van der Waals surface area contributed by atoms with Crippen LogP contribution in [0.5, 0.6) is 0 Å². The molecule has 0 radical (unpaired) electrons. The standard InChI is InChI=1S/C10H10N2O/c13-7-8-3-1-2-4-9(8)10-11-5-6-12-10/h1-6,13H,7H2,(H,11,12). The molecule has 0 spiro atoms. The Labute approximate surface area is 76.1 Å². The van der Waals surface area contributed by atoms with Gasteiger partial charge >= 0.3 is 0 Å². The smallest absolute Gasteiger partial charge is 0.137 e. The minimum atomic E-state index is 0.0386.